The number of aromatic nitrogens is 2. The molecule has 1 amide bonds. The summed E-state index contributed by atoms with van der Waals surface area (Å²) in [5, 5.41) is 3.42. The second kappa shape index (κ2) is 6.95. The van der Waals surface area contributed by atoms with Crippen molar-refractivity contribution in [1.29, 1.82) is 0 Å². The zero-order valence-electron chi connectivity index (χ0n) is 15.6. The number of nitrogens with zero attached hydrogens (tertiary/aromatic N) is 1. The molecule has 2 aliphatic rings. The molecule has 2 bridgehead atoms. The minimum Gasteiger partial charge on any atom is -0.352 e. The number of benzene rings is 2. The molecule has 0 unspecified atom stereocenters. The lowest BCUT2D eigenvalue weighted by Crippen LogP contribution is -2.37. The van der Waals surface area contributed by atoms with Gasteiger partial charge in [-0.1, -0.05) is 42.5 Å². The first-order valence-electron chi connectivity index (χ1n) is 9.80. The standard InChI is InChI=1S/C23H20FN3O2/c24-17-7-3-1-5-15(17)12-25-23(29)20-14-10-9-13(11-14)19(20)21-26-18-8-4-2-6-16(18)22(28)27-21/h1-10,13-14,19-20H,11-12H2,(H,25,29)(H,26,27,28)/t13-,14+,19-,20+/m0/s1. The van der Waals surface area contributed by atoms with Crippen molar-refractivity contribution < 1.29 is 9.18 Å². The molecule has 0 saturated heterocycles. The summed E-state index contributed by atoms with van der Waals surface area (Å²) in [6.45, 7) is 0.136. The minimum atomic E-state index is -0.335. The molecule has 1 heterocycles. The van der Waals surface area contributed by atoms with Crippen molar-refractivity contribution in [2.45, 2.75) is 18.9 Å². The summed E-state index contributed by atoms with van der Waals surface area (Å²) in [7, 11) is 0. The molecule has 2 N–H and O–H groups in total. The van der Waals surface area contributed by atoms with E-state index < -0.39 is 0 Å². The van der Waals surface area contributed by atoms with E-state index in [0.29, 0.717) is 22.3 Å². The van der Waals surface area contributed by atoms with Gasteiger partial charge in [-0.3, -0.25) is 9.59 Å². The molecule has 1 fully saturated rings. The maximum atomic E-state index is 13.9. The lowest BCUT2D eigenvalue weighted by Gasteiger charge is -2.26. The number of hydrogen-bond acceptors (Lipinski definition) is 3. The molecule has 146 valence electrons. The van der Waals surface area contributed by atoms with Gasteiger partial charge in [-0.15, -0.1) is 0 Å². The molecule has 2 aliphatic carbocycles. The molecule has 0 radical (unpaired) electrons. The molecule has 6 heteroatoms. The van der Waals surface area contributed by atoms with Gasteiger partial charge in [0.05, 0.1) is 16.8 Å². The van der Waals surface area contributed by atoms with Crippen LogP contribution in [0.15, 0.2) is 65.5 Å². The summed E-state index contributed by atoms with van der Waals surface area (Å²) in [6, 6.07) is 13.6. The molecule has 2 aromatic carbocycles. The zero-order chi connectivity index (χ0) is 20.0. The Labute approximate surface area is 166 Å². The van der Waals surface area contributed by atoms with Crippen LogP contribution in [0.1, 0.15) is 23.7 Å². The Kier molecular flexibility index (Phi) is 4.27. The van der Waals surface area contributed by atoms with Crippen LogP contribution in [-0.2, 0) is 11.3 Å². The number of aromatic amines is 1. The Balaban J connectivity index is 1.45. The number of para-hydroxylation sites is 1. The summed E-state index contributed by atoms with van der Waals surface area (Å²) >= 11 is 0. The quantitative estimate of drug-likeness (QED) is 0.673. The first kappa shape index (κ1) is 17.8. The van der Waals surface area contributed by atoms with E-state index in [4.69, 9.17) is 0 Å². The SMILES string of the molecule is O=C(NCc1ccccc1F)[C@H]1[C@@H](c2nc3ccccc3c(=O)[nH]2)[C@H]2C=C[C@@H]1C2. The molecule has 0 aliphatic heterocycles. The van der Waals surface area contributed by atoms with Crippen molar-refractivity contribution in [3.63, 3.8) is 0 Å². The molecular formula is C23H20FN3O2. The molecule has 3 aromatic rings. The summed E-state index contributed by atoms with van der Waals surface area (Å²) in [4.78, 5) is 33.2. The van der Waals surface area contributed by atoms with Crippen LogP contribution in [0, 0.1) is 23.6 Å². The molecular weight excluding hydrogens is 369 g/mol. The van der Waals surface area contributed by atoms with Gasteiger partial charge in [0, 0.05) is 18.0 Å². The van der Waals surface area contributed by atoms with E-state index in [2.05, 4.69) is 27.4 Å². The summed E-state index contributed by atoms with van der Waals surface area (Å²) in [6.07, 6.45) is 5.05. The Morgan fingerprint density at radius 3 is 2.72 bits per heavy atom. The fourth-order valence-corrected chi connectivity index (χ4v) is 4.76. The maximum Gasteiger partial charge on any atom is 0.258 e. The van der Waals surface area contributed by atoms with Crippen LogP contribution in [0.5, 0.6) is 0 Å². The highest BCUT2D eigenvalue weighted by molar-refractivity contribution is 5.82. The van der Waals surface area contributed by atoms with Gasteiger partial charge in [0.2, 0.25) is 5.91 Å². The fourth-order valence-electron chi connectivity index (χ4n) is 4.76. The number of allylic oxidation sites excluding steroid dienone is 2. The third-order valence-corrected chi connectivity index (χ3v) is 6.12. The van der Waals surface area contributed by atoms with Crippen LogP contribution in [0.2, 0.25) is 0 Å². The normalized spacial score (nSPS) is 24.9. The van der Waals surface area contributed by atoms with E-state index in [-0.39, 0.29) is 47.5 Å². The predicted octanol–water partition coefficient (Wildman–Crippen LogP) is 3.28. The van der Waals surface area contributed by atoms with Crippen molar-refractivity contribution in [2.75, 3.05) is 0 Å². The van der Waals surface area contributed by atoms with E-state index in [0.717, 1.165) is 6.42 Å². The van der Waals surface area contributed by atoms with Crippen molar-refractivity contribution in [1.82, 2.24) is 15.3 Å². The number of halogens is 1. The number of hydrogen-bond donors (Lipinski definition) is 2. The van der Waals surface area contributed by atoms with Gasteiger partial charge < -0.3 is 10.3 Å². The number of fused-ring (bicyclic) bond motifs is 3. The number of rotatable bonds is 4. The fraction of sp³-hybridized carbons (Fsp3) is 0.261. The Morgan fingerprint density at radius 1 is 1.10 bits per heavy atom. The first-order valence-corrected chi connectivity index (χ1v) is 9.80. The molecule has 1 saturated carbocycles. The monoisotopic (exact) mass is 389 g/mol. The van der Waals surface area contributed by atoms with E-state index in [9.17, 15) is 14.0 Å². The van der Waals surface area contributed by atoms with Crippen molar-refractivity contribution in [2.24, 2.45) is 17.8 Å². The topological polar surface area (TPSA) is 74.8 Å². The van der Waals surface area contributed by atoms with E-state index in [1.165, 1.54) is 6.07 Å². The van der Waals surface area contributed by atoms with Gasteiger partial charge in [-0.25, -0.2) is 9.37 Å². The van der Waals surface area contributed by atoms with Crippen LogP contribution >= 0.6 is 0 Å². The van der Waals surface area contributed by atoms with Gasteiger partial charge in [-0.2, -0.15) is 0 Å². The van der Waals surface area contributed by atoms with Gasteiger partial charge in [0.1, 0.15) is 11.6 Å². The Hall–Kier alpha value is -3.28. The number of amides is 1. The number of carbonyl (C=O) groups is 1. The van der Waals surface area contributed by atoms with E-state index >= 15 is 0 Å². The highest BCUT2D eigenvalue weighted by Gasteiger charge is 2.49. The largest absolute Gasteiger partial charge is 0.352 e. The first-order chi connectivity index (χ1) is 14.1. The average Bonchev–Trinajstić information content (AvgIpc) is 3.35. The van der Waals surface area contributed by atoms with Crippen LogP contribution in [-0.4, -0.2) is 15.9 Å². The second-order valence-electron chi connectivity index (χ2n) is 7.78. The lowest BCUT2D eigenvalue weighted by molar-refractivity contribution is -0.126. The lowest BCUT2D eigenvalue weighted by atomic mass is 9.81. The van der Waals surface area contributed by atoms with Crippen LogP contribution in [0.3, 0.4) is 0 Å². The molecule has 1 aromatic heterocycles. The molecule has 5 nitrogen and oxygen atoms in total. The van der Waals surface area contributed by atoms with Crippen LogP contribution in [0.4, 0.5) is 4.39 Å². The zero-order valence-corrected chi connectivity index (χ0v) is 15.6. The number of nitrogens with one attached hydrogen (secondary N) is 2. The molecule has 5 rings (SSSR count). The predicted molar refractivity (Wildman–Crippen MR) is 108 cm³/mol. The second-order valence-corrected chi connectivity index (χ2v) is 7.78. The van der Waals surface area contributed by atoms with Gasteiger partial charge in [0.15, 0.2) is 0 Å². The molecule has 29 heavy (non-hydrogen) atoms. The number of H-pyrrole nitrogens is 1. The average molecular weight is 389 g/mol. The third-order valence-electron chi connectivity index (χ3n) is 6.12. The highest BCUT2D eigenvalue weighted by Crippen LogP contribution is 2.52. The van der Waals surface area contributed by atoms with Crippen molar-refractivity contribution in [3.05, 3.63) is 88.2 Å². The van der Waals surface area contributed by atoms with Crippen molar-refractivity contribution in [3.8, 4) is 0 Å². The smallest absolute Gasteiger partial charge is 0.258 e. The van der Waals surface area contributed by atoms with E-state index in [1.807, 2.05) is 12.1 Å². The van der Waals surface area contributed by atoms with Crippen molar-refractivity contribution >= 4 is 16.8 Å². The van der Waals surface area contributed by atoms with Crippen LogP contribution < -0.4 is 10.9 Å². The third kappa shape index (κ3) is 3.05. The summed E-state index contributed by atoms with van der Waals surface area (Å²) in [5.41, 5.74) is 0.889. The van der Waals surface area contributed by atoms with E-state index in [1.54, 1.807) is 30.3 Å². The maximum absolute atomic E-state index is 13.9. The summed E-state index contributed by atoms with van der Waals surface area (Å²) in [5.74, 6) is -0.180. The number of carbonyl (C=O) groups excluding carboxylic acids is 1. The summed E-state index contributed by atoms with van der Waals surface area (Å²) < 4.78 is 13.9. The highest BCUT2D eigenvalue weighted by atomic mass is 19.1. The van der Waals surface area contributed by atoms with Gasteiger partial charge in [-0.05, 0) is 36.5 Å². The minimum absolute atomic E-state index is 0.0994. The Bertz CT molecular complexity index is 1190. The molecule has 0 spiro atoms. The van der Waals surface area contributed by atoms with Crippen LogP contribution in [0.25, 0.3) is 10.9 Å². The van der Waals surface area contributed by atoms with Gasteiger partial charge in [0.25, 0.3) is 5.56 Å². The van der Waals surface area contributed by atoms with Gasteiger partial charge >= 0.3 is 0 Å². The Morgan fingerprint density at radius 2 is 1.86 bits per heavy atom. The molecule has 4 atom stereocenters.